The number of piperidine rings is 1. The van der Waals surface area contributed by atoms with Gasteiger partial charge in [-0.25, -0.2) is 0 Å². The van der Waals surface area contributed by atoms with Crippen LogP contribution < -0.4 is 0 Å². The number of Topliss-reactive ketones (excluding diaryl/α,β-unsaturated/α-hetero) is 1. The van der Waals surface area contributed by atoms with Crippen molar-refractivity contribution in [3.63, 3.8) is 0 Å². The molecule has 19 heavy (non-hydrogen) atoms. The molecule has 1 N–H and O–H groups in total. The maximum atomic E-state index is 12.4. The highest BCUT2D eigenvalue weighted by Crippen LogP contribution is 2.18. The molecule has 1 aliphatic heterocycles. The van der Waals surface area contributed by atoms with Crippen LogP contribution >= 0.6 is 0 Å². The number of fused-ring (bicyclic) bond motifs is 1. The first kappa shape index (κ1) is 12.4. The minimum Gasteiger partial charge on any atom is -0.361 e. The number of nitrogens with one attached hydrogen (secondary N) is 1. The van der Waals surface area contributed by atoms with Crippen LogP contribution in [0, 0.1) is 0 Å². The van der Waals surface area contributed by atoms with Crippen LogP contribution in [0.5, 0.6) is 0 Å². The third kappa shape index (κ3) is 2.56. The molecule has 0 saturated carbocycles. The highest BCUT2D eigenvalue weighted by molar-refractivity contribution is 6.00. The Morgan fingerprint density at radius 2 is 2.26 bits per heavy atom. The Labute approximate surface area is 113 Å². The first-order chi connectivity index (χ1) is 9.24. The number of hydrogen-bond acceptors (Lipinski definition) is 2. The summed E-state index contributed by atoms with van der Waals surface area (Å²) in [6.07, 6.45) is 5.63. The summed E-state index contributed by atoms with van der Waals surface area (Å²) >= 11 is 0. The Balaban J connectivity index is 1.75. The van der Waals surface area contributed by atoms with Crippen molar-refractivity contribution in [1.29, 1.82) is 0 Å². The molecule has 1 aromatic heterocycles. The van der Waals surface area contributed by atoms with Crippen molar-refractivity contribution in [3.05, 3.63) is 36.0 Å². The number of likely N-dealkylation sites (tertiary alicyclic amines) is 1. The maximum Gasteiger partial charge on any atom is 0.176 e. The van der Waals surface area contributed by atoms with Crippen molar-refractivity contribution >= 4 is 16.7 Å². The molecule has 3 rings (SSSR count). The van der Waals surface area contributed by atoms with Crippen LogP contribution in [0.1, 0.15) is 36.5 Å². The molecule has 1 fully saturated rings. The van der Waals surface area contributed by atoms with Crippen LogP contribution in [-0.2, 0) is 0 Å². The molecular weight excluding hydrogens is 236 g/mol. The Morgan fingerprint density at radius 3 is 3.11 bits per heavy atom. The van der Waals surface area contributed by atoms with E-state index in [4.69, 9.17) is 0 Å². The van der Waals surface area contributed by atoms with Gasteiger partial charge >= 0.3 is 0 Å². The fraction of sp³-hybridized carbons (Fsp3) is 0.438. The first-order valence-corrected chi connectivity index (χ1v) is 7.08. The number of carbonyl (C=O) groups excluding carboxylic acids is 1. The lowest BCUT2D eigenvalue weighted by atomic mass is 10.0. The van der Waals surface area contributed by atoms with E-state index >= 15 is 0 Å². The van der Waals surface area contributed by atoms with Gasteiger partial charge in [0.2, 0.25) is 0 Å². The predicted molar refractivity (Wildman–Crippen MR) is 77.5 cm³/mol. The van der Waals surface area contributed by atoms with Gasteiger partial charge in [-0.05, 0) is 43.8 Å². The fourth-order valence-corrected chi connectivity index (χ4v) is 2.89. The van der Waals surface area contributed by atoms with Gasteiger partial charge in [0.25, 0.3) is 0 Å². The second-order valence-electron chi connectivity index (χ2n) is 5.52. The lowest BCUT2D eigenvalue weighted by Crippen LogP contribution is -2.40. The number of hydrogen-bond donors (Lipinski definition) is 1. The van der Waals surface area contributed by atoms with Crippen LogP contribution in [0.25, 0.3) is 10.9 Å². The van der Waals surface area contributed by atoms with Gasteiger partial charge in [0.1, 0.15) is 0 Å². The average molecular weight is 256 g/mol. The quantitative estimate of drug-likeness (QED) is 0.856. The van der Waals surface area contributed by atoms with Crippen molar-refractivity contribution in [1.82, 2.24) is 9.88 Å². The fourth-order valence-electron chi connectivity index (χ4n) is 2.89. The van der Waals surface area contributed by atoms with Gasteiger partial charge in [0, 0.05) is 23.3 Å². The minimum absolute atomic E-state index is 0.227. The molecule has 3 nitrogen and oxygen atoms in total. The lowest BCUT2D eigenvalue weighted by molar-refractivity contribution is 0.0860. The molecule has 0 aliphatic carbocycles. The summed E-state index contributed by atoms with van der Waals surface area (Å²) in [6, 6.07) is 8.47. The van der Waals surface area contributed by atoms with E-state index in [9.17, 15) is 4.79 Å². The van der Waals surface area contributed by atoms with Gasteiger partial charge in [-0.2, -0.15) is 0 Å². The third-order valence-corrected chi connectivity index (χ3v) is 4.16. The number of H-pyrrole nitrogens is 1. The summed E-state index contributed by atoms with van der Waals surface area (Å²) in [5.41, 5.74) is 1.85. The highest BCUT2D eigenvalue weighted by Gasteiger charge is 2.21. The molecule has 0 radical (unpaired) electrons. The second kappa shape index (κ2) is 5.17. The molecule has 1 atom stereocenters. The van der Waals surface area contributed by atoms with Crippen LogP contribution in [0.4, 0.5) is 0 Å². The standard InChI is InChI=1S/C16H20N2O/c1-12-4-2-3-9-18(12)11-16(19)14-6-5-13-7-8-17-15(13)10-14/h5-8,10,12,17H,2-4,9,11H2,1H3/t12-/m0/s1. The average Bonchev–Trinajstić information content (AvgIpc) is 2.88. The summed E-state index contributed by atoms with van der Waals surface area (Å²) in [5.74, 6) is 0.227. The van der Waals surface area contributed by atoms with E-state index in [1.54, 1.807) is 0 Å². The zero-order valence-corrected chi connectivity index (χ0v) is 11.4. The molecule has 1 aliphatic rings. The van der Waals surface area contributed by atoms with E-state index in [0.717, 1.165) is 23.0 Å². The number of aromatic amines is 1. The molecule has 0 spiro atoms. The summed E-state index contributed by atoms with van der Waals surface area (Å²) < 4.78 is 0. The smallest absolute Gasteiger partial charge is 0.176 e. The molecule has 3 heteroatoms. The van der Waals surface area contributed by atoms with Crippen LogP contribution in [0.3, 0.4) is 0 Å². The largest absolute Gasteiger partial charge is 0.361 e. The van der Waals surface area contributed by atoms with E-state index < -0.39 is 0 Å². The summed E-state index contributed by atoms with van der Waals surface area (Å²) in [5, 5.41) is 1.16. The molecule has 0 amide bonds. The molecule has 0 bridgehead atoms. The van der Waals surface area contributed by atoms with Gasteiger partial charge in [-0.3, -0.25) is 9.69 Å². The van der Waals surface area contributed by atoms with Crippen LogP contribution in [-0.4, -0.2) is 34.8 Å². The van der Waals surface area contributed by atoms with Gasteiger partial charge in [0.05, 0.1) is 6.54 Å². The van der Waals surface area contributed by atoms with Gasteiger partial charge < -0.3 is 4.98 Å². The minimum atomic E-state index is 0.227. The zero-order chi connectivity index (χ0) is 13.2. The molecule has 2 heterocycles. The number of ketones is 1. The second-order valence-corrected chi connectivity index (χ2v) is 5.52. The Hall–Kier alpha value is -1.61. The SMILES string of the molecule is C[C@H]1CCCCN1CC(=O)c1ccc2cc[nH]c2c1. The lowest BCUT2D eigenvalue weighted by Gasteiger charge is -2.32. The monoisotopic (exact) mass is 256 g/mol. The maximum absolute atomic E-state index is 12.4. The predicted octanol–water partition coefficient (Wildman–Crippen LogP) is 3.23. The number of carbonyl (C=O) groups is 1. The Bertz CT molecular complexity index is 587. The van der Waals surface area contributed by atoms with E-state index in [-0.39, 0.29) is 5.78 Å². The van der Waals surface area contributed by atoms with Crippen molar-refractivity contribution < 1.29 is 4.79 Å². The normalized spacial score (nSPS) is 20.8. The van der Waals surface area contributed by atoms with Crippen molar-refractivity contribution in [2.24, 2.45) is 0 Å². The summed E-state index contributed by atoms with van der Waals surface area (Å²) in [7, 11) is 0. The van der Waals surface area contributed by atoms with E-state index in [1.807, 2.05) is 30.5 Å². The molecular formula is C16H20N2O. The number of aromatic nitrogens is 1. The topological polar surface area (TPSA) is 36.1 Å². The number of nitrogens with zero attached hydrogens (tertiary/aromatic N) is 1. The van der Waals surface area contributed by atoms with Gasteiger partial charge in [0.15, 0.2) is 5.78 Å². The van der Waals surface area contributed by atoms with Crippen molar-refractivity contribution in [2.75, 3.05) is 13.1 Å². The number of rotatable bonds is 3. The number of benzene rings is 1. The van der Waals surface area contributed by atoms with E-state index in [1.165, 1.54) is 19.3 Å². The van der Waals surface area contributed by atoms with Crippen molar-refractivity contribution in [3.8, 4) is 0 Å². The van der Waals surface area contributed by atoms with Crippen molar-refractivity contribution in [2.45, 2.75) is 32.2 Å². The van der Waals surface area contributed by atoms with Gasteiger partial charge in [-0.1, -0.05) is 18.6 Å². The van der Waals surface area contributed by atoms with E-state index in [0.29, 0.717) is 12.6 Å². The van der Waals surface area contributed by atoms with E-state index in [2.05, 4.69) is 16.8 Å². The van der Waals surface area contributed by atoms with Crippen LogP contribution in [0.2, 0.25) is 0 Å². The summed E-state index contributed by atoms with van der Waals surface area (Å²) in [4.78, 5) is 17.8. The molecule has 2 aromatic rings. The molecule has 100 valence electrons. The van der Waals surface area contributed by atoms with Gasteiger partial charge in [-0.15, -0.1) is 0 Å². The zero-order valence-electron chi connectivity index (χ0n) is 11.4. The Morgan fingerprint density at radius 1 is 1.37 bits per heavy atom. The van der Waals surface area contributed by atoms with Crippen LogP contribution in [0.15, 0.2) is 30.5 Å². The third-order valence-electron chi connectivity index (χ3n) is 4.16. The molecule has 1 aromatic carbocycles. The molecule has 0 unspecified atom stereocenters. The molecule has 1 saturated heterocycles. The summed E-state index contributed by atoms with van der Waals surface area (Å²) in [6.45, 7) is 3.83. The highest BCUT2D eigenvalue weighted by atomic mass is 16.1. The Kier molecular flexibility index (Phi) is 3.38. The first-order valence-electron chi connectivity index (χ1n) is 7.08.